The molecule has 3 heterocycles. The van der Waals surface area contributed by atoms with Gasteiger partial charge in [-0.05, 0) is 44.9 Å². The molecule has 9 heteroatoms. The summed E-state index contributed by atoms with van der Waals surface area (Å²) in [5.41, 5.74) is 1.90. The second-order valence-electron chi connectivity index (χ2n) is 6.55. The molecule has 3 aromatic heterocycles. The van der Waals surface area contributed by atoms with Crippen LogP contribution in [0.4, 0.5) is 0 Å². The molecule has 9 nitrogen and oxygen atoms in total. The van der Waals surface area contributed by atoms with Gasteiger partial charge in [0.15, 0.2) is 5.76 Å². The van der Waals surface area contributed by atoms with Crippen molar-refractivity contribution in [3.8, 4) is 11.7 Å². The number of carbonyl (C=O) groups excluding carboxylic acids is 2. The molecule has 0 aliphatic heterocycles. The molecule has 0 radical (unpaired) electrons. The van der Waals surface area contributed by atoms with Crippen molar-refractivity contribution in [2.45, 2.75) is 40.7 Å². The van der Waals surface area contributed by atoms with Crippen LogP contribution in [0.2, 0.25) is 0 Å². The van der Waals surface area contributed by atoms with Crippen LogP contribution in [0.1, 0.15) is 58.3 Å². The summed E-state index contributed by atoms with van der Waals surface area (Å²) in [5, 5.41) is 7.98. The van der Waals surface area contributed by atoms with Crippen LogP contribution in [-0.4, -0.2) is 45.1 Å². The average Bonchev–Trinajstić information content (AvgIpc) is 3.41. The van der Waals surface area contributed by atoms with E-state index in [1.165, 1.54) is 6.26 Å². The Bertz CT molecular complexity index is 987. The van der Waals surface area contributed by atoms with E-state index in [1.807, 2.05) is 6.92 Å². The van der Waals surface area contributed by atoms with Crippen LogP contribution in [0.3, 0.4) is 0 Å². The second-order valence-corrected chi connectivity index (χ2v) is 6.55. The van der Waals surface area contributed by atoms with Crippen molar-refractivity contribution in [3.63, 3.8) is 0 Å². The first kappa shape index (κ1) is 20.4. The minimum Gasteiger partial charge on any atom is -0.462 e. The molecule has 1 amide bonds. The number of carbonyl (C=O) groups is 2. The van der Waals surface area contributed by atoms with E-state index in [0.29, 0.717) is 40.7 Å². The number of amides is 1. The molecule has 3 aromatic rings. The van der Waals surface area contributed by atoms with E-state index >= 15 is 0 Å². The molecule has 0 atom stereocenters. The molecule has 0 aromatic carbocycles. The Morgan fingerprint density at radius 1 is 1.24 bits per heavy atom. The minimum absolute atomic E-state index is 0.145. The van der Waals surface area contributed by atoms with Crippen molar-refractivity contribution in [2.75, 3.05) is 13.2 Å². The Balaban J connectivity index is 1.83. The van der Waals surface area contributed by atoms with Gasteiger partial charge >= 0.3 is 5.97 Å². The maximum absolute atomic E-state index is 13.2. The van der Waals surface area contributed by atoms with Gasteiger partial charge in [-0.1, -0.05) is 6.92 Å². The lowest BCUT2D eigenvalue weighted by molar-refractivity contribution is 0.0525. The van der Waals surface area contributed by atoms with Gasteiger partial charge in [0.05, 0.1) is 25.0 Å². The van der Waals surface area contributed by atoms with E-state index in [0.717, 1.165) is 6.42 Å². The van der Waals surface area contributed by atoms with Gasteiger partial charge in [0.25, 0.3) is 11.8 Å². The number of esters is 1. The SMILES string of the molecule is CCCN(Cc1nnc(-c2ccco2)o1)C(=O)c1[nH]c(C)c(C(=O)OCC)c1C. The monoisotopic (exact) mass is 400 g/mol. The van der Waals surface area contributed by atoms with Crippen molar-refractivity contribution in [2.24, 2.45) is 0 Å². The van der Waals surface area contributed by atoms with E-state index in [9.17, 15) is 9.59 Å². The quantitative estimate of drug-likeness (QED) is 0.575. The van der Waals surface area contributed by atoms with Crippen LogP contribution in [0.25, 0.3) is 11.7 Å². The van der Waals surface area contributed by atoms with Crippen LogP contribution in [0, 0.1) is 13.8 Å². The third-order valence-corrected chi connectivity index (χ3v) is 4.44. The third kappa shape index (κ3) is 4.23. The number of hydrogen-bond acceptors (Lipinski definition) is 7. The van der Waals surface area contributed by atoms with E-state index in [1.54, 1.807) is 37.8 Å². The van der Waals surface area contributed by atoms with Gasteiger partial charge in [-0.15, -0.1) is 10.2 Å². The number of aryl methyl sites for hydroxylation is 1. The summed E-state index contributed by atoms with van der Waals surface area (Å²) >= 11 is 0. The van der Waals surface area contributed by atoms with Gasteiger partial charge in [-0.2, -0.15) is 0 Å². The van der Waals surface area contributed by atoms with Gasteiger partial charge in [0.2, 0.25) is 5.89 Å². The Kier molecular flexibility index (Phi) is 6.16. The number of aromatic amines is 1. The molecule has 154 valence electrons. The molecule has 0 saturated carbocycles. The highest BCUT2D eigenvalue weighted by Crippen LogP contribution is 2.22. The molecular formula is C20H24N4O5. The minimum atomic E-state index is -0.445. The highest BCUT2D eigenvalue weighted by atomic mass is 16.5. The Labute approximate surface area is 168 Å². The van der Waals surface area contributed by atoms with Gasteiger partial charge in [0, 0.05) is 12.2 Å². The maximum atomic E-state index is 13.2. The number of H-pyrrole nitrogens is 1. The predicted molar refractivity (Wildman–Crippen MR) is 103 cm³/mol. The van der Waals surface area contributed by atoms with Crippen LogP contribution in [-0.2, 0) is 11.3 Å². The van der Waals surface area contributed by atoms with E-state index in [-0.39, 0.29) is 24.9 Å². The smallest absolute Gasteiger partial charge is 0.340 e. The lowest BCUT2D eigenvalue weighted by Gasteiger charge is -2.20. The predicted octanol–water partition coefficient (Wildman–Crippen LogP) is 3.50. The highest BCUT2D eigenvalue weighted by molar-refractivity contribution is 6.00. The Morgan fingerprint density at radius 2 is 2.03 bits per heavy atom. The van der Waals surface area contributed by atoms with Crippen LogP contribution < -0.4 is 0 Å². The third-order valence-electron chi connectivity index (χ3n) is 4.44. The first-order chi connectivity index (χ1) is 14.0. The van der Waals surface area contributed by atoms with Crippen molar-refractivity contribution in [1.29, 1.82) is 0 Å². The molecule has 29 heavy (non-hydrogen) atoms. The second kappa shape index (κ2) is 8.76. The van der Waals surface area contributed by atoms with Crippen LogP contribution >= 0.6 is 0 Å². The summed E-state index contributed by atoms with van der Waals surface area (Å²) in [6.45, 7) is 8.09. The first-order valence-electron chi connectivity index (χ1n) is 9.48. The zero-order chi connectivity index (χ0) is 21.0. The van der Waals surface area contributed by atoms with Gasteiger partial charge in [-0.3, -0.25) is 4.79 Å². The molecule has 1 N–H and O–H groups in total. The molecule has 3 rings (SSSR count). The average molecular weight is 400 g/mol. The Hall–Kier alpha value is -3.36. The summed E-state index contributed by atoms with van der Waals surface area (Å²) in [5.74, 6) is 0.322. The highest BCUT2D eigenvalue weighted by Gasteiger charge is 2.27. The molecule has 0 fully saturated rings. The van der Waals surface area contributed by atoms with E-state index < -0.39 is 5.97 Å². The lowest BCUT2D eigenvalue weighted by Crippen LogP contribution is -2.32. The van der Waals surface area contributed by atoms with Crippen molar-refractivity contribution in [1.82, 2.24) is 20.1 Å². The fourth-order valence-electron chi connectivity index (χ4n) is 3.13. The van der Waals surface area contributed by atoms with Crippen molar-refractivity contribution < 1.29 is 23.2 Å². The largest absolute Gasteiger partial charge is 0.462 e. The number of furan rings is 1. The summed E-state index contributed by atoms with van der Waals surface area (Å²) < 4.78 is 16.0. The van der Waals surface area contributed by atoms with Crippen LogP contribution in [0.5, 0.6) is 0 Å². The molecule has 0 unspecified atom stereocenters. The fraction of sp³-hybridized carbons (Fsp3) is 0.400. The molecule has 0 saturated heterocycles. The standard InChI is InChI=1S/C20H24N4O5/c1-5-9-24(11-15-22-23-18(29-15)14-8-7-10-28-14)19(25)17-12(3)16(13(4)21-17)20(26)27-6-2/h7-8,10,21H,5-6,9,11H2,1-4H3. The zero-order valence-electron chi connectivity index (χ0n) is 16.9. The number of nitrogens with zero attached hydrogens (tertiary/aromatic N) is 3. The van der Waals surface area contributed by atoms with Gasteiger partial charge in [-0.25, -0.2) is 4.79 Å². The van der Waals surface area contributed by atoms with Crippen molar-refractivity contribution in [3.05, 3.63) is 46.8 Å². The number of rotatable bonds is 8. The summed E-state index contributed by atoms with van der Waals surface area (Å²) in [7, 11) is 0. The van der Waals surface area contributed by atoms with Gasteiger partial charge in [0.1, 0.15) is 5.69 Å². The topological polar surface area (TPSA) is 114 Å². The normalized spacial score (nSPS) is 10.9. The number of aromatic nitrogens is 3. The molecule has 0 spiro atoms. The van der Waals surface area contributed by atoms with Gasteiger partial charge < -0.3 is 23.5 Å². The molecule has 0 aliphatic rings. The zero-order valence-corrected chi connectivity index (χ0v) is 16.9. The van der Waals surface area contributed by atoms with Crippen molar-refractivity contribution >= 4 is 11.9 Å². The Morgan fingerprint density at radius 3 is 2.69 bits per heavy atom. The fourth-order valence-corrected chi connectivity index (χ4v) is 3.13. The maximum Gasteiger partial charge on any atom is 0.340 e. The summed E-state index contributed by atoms with van der Waals surface area (Å²) in [4.78, 5) is 30.0. The summed E-state index contributed by atoms with van der Waals surface area (Å²) in [6, 6.07) is 3.44. The van der Waals surface area contributed by atoms with Crippen LogP contribution in [0.15, 0.2) is 27.2 Å². The molecule has 0 bridgehead atoms. The first-order valence-corrected chi connectivity index (χ1v) is 9.48. The summed E-state index contributed by atoms with van der Waals surface area (Å²) in [6.07, 6.45) is 2.26. The number of hydrogen-bond donors (Lipinski definition) is 1. The van der Waals surface area contributed by atoms with E-state index in [2.05, 4.69) is 15.2 Å². The molecular weight excluding hydrogens is 376 g/mol. The molecule has 0 aliphatic carbocycles. The lowest BCUT2D eigenvalue weighted by atomic mass is 10.1. The number of ether oxygens (including phenoxy) is 1. The van der Waals surface area contributed by atoms with E-state index in [4.69, 9.17) is 13.6 Å². The number of nitrogens with one attached hydrogen (secondary N) is 1.